The van der Waals surface area contributed by atoms with E-state index >= 15 is 0 Å². The molecular weight excluding hydrogens is 134 g/mol. The topological polar surface area (TPSA) is 20.2 Å². The third-order valence-corrected chi connectivity index (χ3v) is 1.25. The van der Waals surface area contributed by atoms with Crippen LogP contribution in [0.5, 0.6) is 5.75 Å². The first-order chi connectivity index (χ1) is 4.18. The van der Waals surface area contributed by atoms with E-state index in [2.05, 4.69) is 0 Å². The molecule has 0 saturated heterocycles. The van der Waals surface area contributed by atoms with Crippen LogP contribution < -0.4 is 5.46 Å². The highest BCUT2D eigenvalue weighted by Gasteiger charge is 1.91. The summed E-state index contributed by atoms with van der Waals surface area (Å²) in [5.41, 5.74) is 0.972. The van der Waals surface area contributed by atoms with Crippen molar-refractivity contribution in [2.45, 2.75) is 0 Å². The predicted octanol–water partition coefficient (Wildman–Crippen LogP) is 0.304. The first kappa shape index (κ1) is 6.49. The van der Waals surface area contributed by atoms with E-state index in [-0.39, 0.29) is 5.75 Å². The van der Waals surface area contributed by atoms with E-state index in [1.165, 1.54) is 6.07 Å². The molecule has 0 spiro atoms. The van der Waals surface area contributed by atoms with E-state index in [4.69, 9.17) is 16.7 Å². The number of rotatable bonds is 0. The first-order valence-electron chi connectivity index (χ1n) is 2.64. The Morgan fingerprint density at radius 2 is 2.00 bits per heavy atom. The molecule has 0 saturated carbocycles. The number of benzene rings is 1. The van der Waals surface area contributed by atoms with Gasteiger partial charge in [0.2, 0.25) is 0 Å². The summed E-state index contributed by atoms with van der Waals surface area (Å²) in [4.78, 5) is 0. The van der Waals surface area contributed by atoms with Gasteiger partial charge in [0, 0.05) is 5.02 Å². The Morgan fingerprint density at radius 3 is 2.44 bits per heavy atom. The molecule has 0 fully saturated rings. The highest BCUT2D eigenvalue weighted by Crippen LogP contribution is 2.12. The summed E-state index contributed by atoms with van der Waals surface area (Å²) >= 11 is 5.59. The lowest BCUT2D eigenvalue weighted by atomic mass is 9.96. The second-order valence-electron chi connectivity index (χ2n) is 1.99. The molecule has 3 heteroatoms. The highest BCUT2D eigenvalue weighted by atomic mass is 35.5. The second-order valence-corrected chi connectivity index (χ2v) is 2.42. The van der Waals surface area contributed by atoms with E-state index < -0.39 is 0 Å². The van der Waals surface area contributed by atoms with E-state index in [1.54, 1.807) is 12.1 Å². The third kappa shape index (κ3) is 1.65. The normalized spacial score (nSPS) is 9.44. The van der Waals surface area contributed by atoms with Crippen molar-refractivity contribution in [2.75, 3.05) is 0 Å². The maximum absolute atomic E-state index is 8.91. The molecule has 1 nitrogen and oxygen atoms in total. The minimum atomic E-state index is 0.222. The Kier molecular flexibility index (Phi) is 1.67. The SMILES string of the molecule is Bc1cc(O)cc(Cl)c1. The average molecular weight is 140 g/mol. The number of halogens is 1. The van der Waals surface area contributed by atoms with Crippen LogP contribution in [0.15, 0.2) is 18.2 Å². The Bertz CT molecular complexity index is 174. The lowest BCUT2D eigenvalue weighted by Gasteiger charge is -1.94. The predicted molar refractivity (Wildman–Crippen MR) is 41.3 cm³/mol. The zero-order valence-electron chi connectivity index (χ0n) is 5.06. The highest BCUT2D eigenvalue weighted by molar-refractivity contribution is 6.36. The van der Waals surface area contributed by atoms with E-state index in [0.29, 0.717) is 5.02 Å². The Hall–Kier alpha value is -0.625. The molecule has 0 aliphatic rings. The molecule has 1 N–H and O–H groups in total. The van der Waals surface area contributed by atoms with Crippen LogP contribution in [0.3, 0.4) is 0 Å². The molecule has 0 aromatic heterocycles. The van der Waals surface area contributed by atoms with Crippen molar-refractivity contribution >= 4 is 24.9 Å². The molecule has 46 valence electrons. The third-order valence-electron chi connectivity index (χ3n) is 1.03. The van der Waals surface area contributed by atoms with Crippen LogP contribution in [0.1, 0.15) is 0 Å². The molecule has 0 heterocycles. The molecule has 0 unspecified atom stereocenters. The molecule has 0 aliphatic carbocycles. The van der Waals surface area contributed by atoms with Crippen molar-refractivity contribution in [3.63, 3.8) is 0 Å². The minimum Gasteiger partial charge on any atom is -0.508 e. The van der Waals surface area contributed by atoms with Crippen molar-refractivity contribution in [1.29, 1.82) is 0 Å². The molecule has 0 atom stereocenters. The molecule has 0 aliphatic heterocycles. The summed E-state index contributed by atoms with van der Waals surface area (Å²) in [5, 5.41) is 9.49. The molecule has 1 rings (SSSR count). The van der Waals surface area contributed by atoms with Crippen LogP contribution in [-0.2, 0) is 0 Å². The molecule has 0 amide bonds. The van der Waals surface area contributed by atoms with Crippen LogP contribution in [0, 0.1) is 0 Å². The molecule has 1 aromatic rings. The fourth-order valence-electron chi connectivity index (χ4n) is 0.717. The summed E-state index contributed by atoms with van der Waals surface area (Å²) in [5.74, 6) is 0.222. The quantitative estimate of drug-likeness (QED) is 0.514. The van der Waals surface area contributed by atoms with Gasteiger partial charge in [0.15, 0.2) is 0 Å². The van der Waals surface area contributed by atoms with Gasteiger partial charge in [-0.1, -0.05) is 17.1 Å². The van der Waals surface area contributed by atoms with Crippen molar-refractivity contribution < 1.29 is 5.11 Å². The van der Waals surface area contributed by atoms with Crippen molar-refractivity contribution in [3.05, 3.63) is 23.2 Å². The maximum Gasteiger partial charge on any atom is 0.139 e. The average Bonchev–Trinajstić information content (AvgIpc) is 1.59. The molecule has 0 radical (unpaired) electrons. The molecule has 9 heavy (non-hydrogen) atoms. The van der Waals surface area contributed by atoms with Gasteiger partial charge in [-0.15, -0.1) is 0 Å². The van der Waals surface area contributed by atoms with Gasteiger partial charge >= 0.3 is 0 Å². The number of hydrogen-bond acceptors (Lipinski definition) is 1. The zero-order chi connectivity index (χ0) is 6.85. The summed E-state index contributed by atoms with van der Waals surface area (Å²) in [6.07, 6.45) is 0. The van der Waals surface area contributed by atoms with Crippen molar-refractivity contribution in [3.8, 4) is 5.75 Å². The largest absolute Gasteiger partial charge is 0.508 e. The van der Waals surface area contributed by atoms with Gasteiger partial charge in [0.05, 0.1) is 0 Å². The second kappa shape index (κ2) is 2.32. The number of hydrogen-bond donors (Lipinski definition) is 1. The van der Waals surface area contributed by atoms with Gasteiger partial charge in [0.1, 0.15) is 13.6 Å². The minimum absolute atomic E-state index is 0.222. The smallest absolute Gasteiger partial charge is 0.139 e. The maximum atomic E-state index is 8.91. The van der Waals surface area contributed by atoms with E-state index in [1.807, 2.05) is 7.85 Å². The summed E-state index contributed by atoms with van der Waals surface area (Å²) in [6, 6.07) is 4.96. The van der Waals surface area contributed by atoms with Gasteiger partial charge < -0.3 is 5.11 Å². The first-order valence-corrected chi connectivity index (χ1v) is 3.02. The van der Waals surface area contributed by atoms with Crippen LogP contribution in [-0.4, -0.2) is 13.0 Å². The number of phenolic OH excluding ortho intramolecular Hbond substituents is 1. The monoisotopic (exact) mass is 140 g/mol. The van der Waals surface area contributed by atoms with Crippen molar-refractivity contribution in [1.82, 2.24) is 0 Å². The summed E-state index contributed by atoms with van der Waals surface area (Å²) in [7, 11) is 1.88. The lowest BCUT2D eigenvalue weighted by molar-refractivity contribution is 0.476. The summed E-state index contributed by atoms with van der Waals surface area (Å²) in [6.45, 7) is 0. The van der Waals surface area contributed by atoms with Crippen LogP contribution in [0.2, 0.25) is 5.02 Å². The van der Waals surface area contributed by atoms with E-state index in [0.717, 1.165) is 5.46 Å². The van der Waals surface area contributed by atoms with Gasteiger partial charge in [-0.2, -0.15) is 0 Å². The van der Waals surface area contributed by atoms with Crippen molar-refractivity contribution in [2.24, 2.45) is 0 Å². The van der Waals surface area contributed by atoms with E-state index in [9.17, 15) is 0 Å². The Morgan fingerprint density at radius 1 is 1.33 bits per heavy atom. The number of phenols is 1. The fourth-order valence-corrected chi connectivity index (χ4v) is 1.00. The van der Waals surface area contributed by atoms with Gasteiger partial charge in [-0.25, -0.2) is 0 Å². The number of aromatic hydroxyl groups is 1. The van der Waals surface area contributed by atoms with Crippen LogP contribution in [0.25, 0.3) is 0 Å². The Labute approximate surface area is 59.7 Å². The standard InChI is InChI=1S/C6H6BClO/c7-4-1-5(8)3-6(9)2-4/h1-3,9H,7H2. The summed E-state index contributed by atoms with van der Waals surface area (Å²) < 4.78 is 0. The molecule has 1 aromatic carbocycles. The molecular formula is C6H6BClO. The van der Waals surface area contributed by atoms with Gasteiger partial charge in [0.25, 0.3) is 0 Å². The fraction of sp³-hybridized carbons (Fsp3) is 0. The molecule has 0 bridgehead atoms. The Balaban J connectivity index is 3.17. The van der Waals surface area contributed by atoms with Gasteiger partial charge in [-0.3, -0.25) is 0 Å². The zero-order valence-corrected chi connectivity index (χ0v) is 5.81. The van der Waals surface area contributed by atoms with Crippen LogP contribution in [0.4, 0.5) is 0 Å². The van der Waals surface area contributed by atoms with Crippen LogP contribution >= 0.6 is 11.6 Å². The van der Waals surface area contributed by atoms with Gasteiger partial charge in [-0.05, 0) is 18.2 Å². The lowest BCUT2D eigenvalue weighted by Crippen LogP contribution is -1.99.